The van der Waals surface area contributed by atoms with Crippen molar-refractivity contribution in [2.45, 2.75) is 13.0 Å². The van der Waals surface area contributed by atoms with Gasteiger partial charge in [-0.1, -0.05) is 6.07 Å². The van der Waals surface area contributed by atoms with Crippen molar-refractivity contribution >= 4 is 5.91 Å². The molecule has 0 saturated heterocycles. The van der Waals surface area contributed by atoms with Gasteiger partial charge in [0.25, 0.3) is 5.91 Å². The van der Waals surface area contributed by atoms with E-state index in [2.05, 4.69) is 10.2 Å². The zero-order valence-corrected chi connectivity index (χ0v) is 13.3. The number of aromatic amines is 1. The maximum atomic E-state index is 12.6. The van der Waals surface area contributed by atoms with Gasteiger partial charge in [-0.2, -0.15) is 5.10 Å². The molecule has 0 bridgehead atoms. The summed E-state index contributed by atoms with van der Waals surface area (Å²) in [6, 6.07) is 4.83. The van der Waals surface area contributed by atoms with Crippen molar-refractivity contribution < 1.29 is 19.4 Å². The molecule has 23 heavy (non-hydrogen) atoms. The van der Waals surface area contributed by atoms with Crippen molar-refractivity contribution in [1.29, 1.82) is 0 Å². The first-order valence-electron chi connectivity index (χ1n) is 7.30. The van der Waals surface area contributed by atoms with Crippen LogP contribution >= 0.6 is 0 Å². The third kappa shape index (κ3) is 2.43. The number of methoxy groups -OCH3 is 2. The number of amides is 1. The van der Waals surface area contributed by atoms with Gasteiger partial charge in [0, 0.05) is 24.9 Å². The summed E-state index contributed by atoms with van der Waals surface area (Å²) < 4.78 is 10.3. The Labute approximate surface area is 133 Å². The quantitative estimate of drug-likeness (QED) is 0.875. The van der Waals surface area contributed by atoms with E-state index in [1.807, 2.05) is 6.92 Å². The normalized spacial score (nSPS) is 16.7. The summed E-state index contributed by atoms with van der Waals surface area (Å²) in [5, 5.41) is 16.8. The molecule has 1 aromatic heterocycles. The number of benzene rings is 1. The van der Waals surface area contributed by atoms with Crippen LogP contribution in [0.15, 0.2) is 18.2 Å². The van der Waals surface area contributed by atoms with Gasteiger partial charge in [0.1, 0.15) is 0 Å². The van der Waals surface area contributed by atoms with E-state index >= 15 is 0 Å². The molecule has 0 radical (unpaired) electrons. The number of phenols is 1. The second-order valence-electron chi connectivity index (χ2n) is 5.44. The van der Waals surface area contributed by atoms with Crippen LogP contribution in [0.25, 0.3) is 0 Å². The molecule has 2 aromatic rings. The first-order valence-corrected chi connectivity index (χ1v) is 7.30. The number of ether oxygens (including phenoxy) is 2. The highest BCUT2D eigenvalue weighted by molar-refractivity contribution is 5.98. The van der Waals surface area contributed by atoms with Gasteiger partial charge < -0.3 is 19.5 Å². The molecule has 2 heterocycles. The zero-order valence-electron chi connectivity index (χ0n) is 13.3. The maximum Gasteiger partial charge on any atom is 0.275 e. The molecule has 1 aromatic carbocycles. The van der Waals surface area contributed by atoms with E-state index < -0.39 is 0 Å². The smallest absolute Gasteiger partial charge is 0.275 e. The molecule has 7 nitrogen and oxygen atoms in total. The number of hydrogen-bond donors (Lipinski definition) is 2. The molecular weight excluding hydrogens is 298 g/mol. The Bertz CT molecular complexity index is 741. The Morgan fingerprint density at radius 3 is 2.87 bits per heavy atom. The van der Waals surface area contributed by atoms with E-state index in [-0.39, 0.29) is 17.7 Å². The lowest BCUT2D eigenvalue weighted by molar-refractivity contribution is 0.0676. The van der Waals surface area contributed by atoms with Gasteiger partial charge in [-0.15, -0.1) is 0 Å². The lowest BCUT2D eigenvalue weighted by atomic mass is 9.99. The molecule has 2 N–H and O–H groups in total. The summed E-state index contributed by atoms with van der Waals surface area (Å²) in [4.78, 5) is 14.4. The fourth-order valence-corrected chi connectivity index (χ4v) is 2.98. The Morgan fingerprint density at radius 1 is 1.39 bits per heavy atom. The average Bonchev–Trinajstić information content (AvgIpc) is 3.05. The first-order chi connectivity index (χ1) is 11.1. The topological polar surface area (TPSA) is 87.7 Å². The summed E-state index contributed by atoms with van der Waals surface area (Å²) in [7, 11) is 3.10. The molecule has 122 valence electrons. The molecule has 0 aliphatic carbocycles. The highest BCUT2D eigenvalue weighted by Gasteiger charge is 2.41. The predicted octanol–water partition coefficient (Wildman–Crippen LogP) is 1.62. The fraction of sp³-hybridized carbons (Fsp3) is 0.375. The largest absolute Gasteiger partial charge is 0.504 e. The second-order valence-corrected chi connectivity index (χ2v) is 5.44. The van der Waals surface area contributed by atoms with Crippen molar-refractivity contribution in [2.75, 3.05) is 27.4 Å². The zero-order chi connectivity index (χ0) is 16.6. The number of aryl methyl sites for hydroxylation is 1. The minimum absolute atomic E-state index is 0.0631. The summed E-state index contributed by atoms with van der Waals surface area (Å²) in [5.41, 5.74) is 3.01. The van der Waals surface area contributed by atoms with E-state index in [4.69, 9.17) is 9.47 Å². The fourth-order valence-electron chi connectivity index (χ4n) is 2.98. The van der Waals surface area contributed by atoms with Crippen molar-refractivity contribution in [3.8, 4) is 11.5 Å². The summed E-state index contributed by atoms with van der Waals surface area (Å²) >= 11 is 0. The van der Waals surface area contributed by atoms with Crippen LogP contribution in [-0.2, 0) is 4.74 Å². The third-order valence-corrected chi connectivity index (χ3v) is 4.10. The van der Waals surface area contributed by atoms with Gasteiger partial charge in [-0.25, -0.2) is 0 Å². The monoisotopic (exact) mass is 317 g/mol. The number of nitrogens with zero attached hydrogens (tertiary/aromatic N) is 2. The van der Waals surface area contributed by atoms with Crippen molar-refractivity contribution in [2.24, 2.45) is 0 Å². The van der Waals surface area contributed by atoms with Crippen LogP contribution in [0.3, 0.4) is 0 Å². The molecule has 1 amide bonds. The Kier molecular flexibility index (Phi) is 3.96. The number of rotatable bonds is 5. The average molecular weight is 317 g/mol. The second kappa shape index (κ2) is 5.92. The van der Waals surface area contributed by atoms with Crippen LogP contribution in [0.1, 0.15) is 33.4 Å². The SMILES string of the molecule is COCCN1C(=O)c2n[nH]c(C)c2[C@H]1c1ccc(O)c(OC)c1. The van der Waals surface area contributed by atoms with Crippen LogP contribution in [0.2, 0.25) is 0 Å². The number of carbonyl (C=O) groups excluding carboxylic acids is 1. The predicted molar refractivity (Wildman–Crippen MR) is 82.7 cm³/mol. The van der Waals surface area contributed by atoms with Gasteiger partial charge >= 0.3 is 0 Å². The third-order valence-electron chi connectivity index (χ3n) is 4.10. The van der Waals surface area contributed by atoms with Crippen LogP contribution in [0.5, 0.6) is 11.5 Å². The van der Waals surface area contributed by atoms with Crippen LogP contribution < -0.4 is 4.74 Å². The summed E-state index contributed by atoms with van der Waals surface area (Å²) in [6.45, 7) is 2.78. The number of carbonyl (C=O) groups is 1. The van der Waals surface area contributed by atoms with Crippen LogP contribution in [0.4, 0.5) is 0 Å². The number of phenolic OH excluding ortho intramolecular Hbond substituents is 1. The Morgan fingerprint density at radius 2 is 2.17 bits per heavy atom. The molecular formula is C16H19N3O4. The summed E-state index contributed by atoms with van der Waals surface area (Å²) in [6.07, 6.45) is 0. The number of nitrogens with one attached hydrogen (secondary N) is 1. The molecule has 1 aliphatic heterocycles. The van der Waals surface area contributed by atoms with Crippen molar-refractivity contribution in [3.63, 3.8) is 0 Å². The lowest BCUT2D eigenvalue weighted by Gasteiger charge is -2.26. The van der Waals surface area contributed by atoms with Gasteiger partial charge in [0.15, 0.2) is 17.2 Å². The van der Waals surface area contributed by atoms with Crippen molar-refractivity contribution in [1.82, 2.24) is 15.1 Å². The molecule has 1 atom stereocenters. The number of aromatic nitrogens is 2. The standard InChI is InChI=1S/C16H19N3O4/c1-9-13-14(18-17-9)16(21)19(6-7-22-2)15(13)10-4-5-11(20)12(8-10)23-3/h4-5,8,15,20H,6-7H2,1-3H3,(H,17,18)/t15-/m1/s1. The minimum Gasteiger partial charge on any atom is -0.504 e. The number of aromatic hydroxyl groups is 1. The molecule has 1 aliphatic rings. The molecule has 0 unspecified atom stereocenters. The molecule has 0 saturated carbocycles. The van der Waals surface area contributed by atoms with E-state index in [1.165, 1.54) is 7.11 Å². The highest BCUT2D eigenvalue weighted by Crippen LogP contribution is 2.41. The molecule has 7 heteroatoms. The molecule has 3 rings (SSSR count). The van der Waals surface area contributed by atoms with Gasteiger partial charge in [0.05, 0.1) is 19.8 Å². The molecule has 0 spiro atoms. The van der Waals surface area contributed by atoms with Crippen LogP contribution in [-0.4, -0.2) is 53.5 Å². The van der Waals surface area contributed by atoms with Gasteiger partial charge in [-0.05, 0) is 24.6 Å². The number of H-pyrrole nitrogens is 1. The van der Waals surface area contributed by atoms with E-state index in [9.17, 15) is 9.90 Å². The lowest BCUT2D eigenvalue weighted by Crippen LogP contribution is -2.32. The van der Waals surface area contributed by atoms with E-state index in [1.54, 1.807) is 30.2 Å². The van der Waals surface area contributed by atoms with E-state index in [0.29, 0.717) is 24.6 Å². The van der Waals surface area contributed by atoms with E-state index in [0.717, 1.165) is 16.8 Å². The van der Waals surface area contributed by atoms with Gasteiger partial charge in [0.2, 0.25) is 0 Å². The number of hydrogen-bond acceptors (Lipinski definition) is 5. The maximum absolute atomic E-state index is 12.6. The number of fused-ring (bicyclic) bond motifs is 1. The van der Waals surface area contributed by atoms with Crippen molar-refractivity contribution in [3.05, 3.63) is 40.7 Å². The highest BCUT2D eigenvalue weighted by atomic mass is 16.5. The summed E-state index contributed by atoms with van der Waals surface area (Å²) in [5.74, 6) is 0.308. The molecule has 0 fully saturated rings. The minimum atomic E-state index is -0.277. The Balaban J connectivity index is 2.09. The Hall–Kier alpha value is -2.54. The first kappa shape index (κ1) is 15.4. The van der Waals surface area contributed by atoms with Gasteiger partial charge in [-0.3, -0.25) is 9.89 Å². The van der Waals surface area contributed by atoms with Crippen LogP contribution in [0, 0.1) is 6.92 Å².